The summed E-state index contributed by atoms with van der Waals surface area (Å²) in [5.41, 5.74) is 0.594. The van der Waals surface area contributed by atoms with Crippen LogP contribution in [0, 0.1) is 6.92 Å². The molecule has 0 aliphatic rings. The highest BCUT2D eigenvalue weighted by molar-refractivity contribution is 5.38. The molecule has 0 spiro atoms. The van der Waals surface area contributed by atoms with Gasteiger partial charge < -0.3 is 23.9 Å². The molecular formula is C13H19NO6. The second kappa shape index (κ2) is 7.66. The van der Waals surface area contributed by atoms with Crippen molar-refractivity contribution in [1.29, 1.82) is 0 Å². The predicted molar refractivity (Wildman–Crippen MR) is 70.7 cm³/mol. The summed E-state index contributed by atoms with van der Waals surface area (Å²) < 4.78 is 16.6. The van der Waals surface area contributed by atoms with E-state index in [9.17, 15) is 9.59 Å². The van der Waals surface area contributed by atoms with Crippen LogP contribution in [0.1, 0.15) is 11.3 Å². The number of hydrogen-bond donors (Lipinski definition) is 1. The van der Waals surface area contributed by atoms with Crippen LogP contribution in [0.2, 0.25) is 0 Å². The highest BCUT2D eigenvalue weighted by atomic mass is 16.5. The molecule has 1 N–H and O–H groups in total. The number of aromatic nitrogens is 1. The van der Waals surface area contributed by atoms with Crippen molar-refractivity contribution in [1.82, 2.24) is 4.57 Å². The molecule has 20 heavy (non-hydrogen) atoms. The van der Waals surface area contributed by atoms with Crippen molar-refractivity contribution in [2.75, 3.05) is 20.8 Å². The van der Waals surface area contributed by atoms with Gasteiger partial charge in [-0.3, -0.25) is 9.59 Å². The number of nitrogens with zero attached hydrogens (tertiary/aromatic N) is 1. The van der Waals surface area contributed by atoms with E-state index in [0.717, 1.165) is 0 Å². The van der Waals surface area contributed by atoms with E-state index < -0.39 is 6.10 Å². The van der Waals surface area contributed by atoms with Gasteiger partial charge in [0.1, 0.15) is 6.61 Å². The summed E-state index contributed by atoms with van der Waals surface area (Å²) in [4.78, 5) is 22.3. The normalized spacial score (nSPS) is 12.0. The molecule has 0 aliphatic heterocycles. The fourth-order valence-corrected chi connectivity index (χ4v) is 1.87. The van der Waals surface area contributed by atoms with Gasteiger partial charge in [0.2, 0.25) is 5.43 Å². The maximum absolute atomic E-state index is 12.1. The van der Waals surface area contributed by atoms with Crippen LogP contribution in [0.4, 0.5) is 0 Å². The Morgan fingerprint density at radius 2 is 2.15 bits per heavy atom. The molecule has 0 amide bonds. The molecule has 1 atom stereocenters. The summed E-state index contributed by atoms with van der Waals surface area (Å²) in [6.45, 7) is 2.08. The first kappa shape index (κ1) is 16.2. The third kappa shape index (κ3) is 3.58. The Hall–Kier alpha value is -1.86. The maximum atomic E-state index is 12.1. The lowest BCUT2D eigenvalue weighted by Crippen LogP contribution is -2.26. The standard InChI is InChI=1S/C13H19NO6/c1-9-13(19-3)12(17)10(7-20-8-16)4-14(9)5-11(6-15)18-2/h4,8,11,15H,5-7H2,1-3H3. The van der Waals surface area contributed by atoms with Crippen LogP contribution in [-0.4, -0.2) is 43.1 Å². The number of ether oxygens (including phenoxy) is 3. The van der Waals surface area contributed by atoms with Gasteiger partial charge in [0, 0.05) is 13.3 Å². The van der Waals surface area contributed by atoms with E-state index in [1.54, 1.807) is 17.7 Å². The molecule has 0 radical (unpaired) electrons. The summed E-state index contributed by atoms with van der Waals surface area (Å²) in [5, 5.41) is 9.17. The Morgan fingerprint density at radius 1 is 1.45 bits per heavy atom. The fourth-order valence-electron chi connectivity index (χ4n) is 1.87. The number of rotatable bonds is 8. The van der Waals surface area contributed by atoms with Crippen molar-refractivity contribution in [3.05, 3.63) is 27.7 Å². The van der Waals surface area contributed by atoms with Crippen LogP contribution in [0.3, 0.4) is 0 Å². The Bertz CT molecular complexity index is 506. The summed E-state index contributed by atoms with van der Waals surface area (Å²) in [7, 11) is 2.89. The first-order valence-electron chi connectivity index (χ1n) is 6.04. The highest BCUT2D eigenvalue weighted by Crippen LogP contribution is 2.15. The zero-order valence-electron chi connectivity index (χ0n) is 11.8. The zero-order chi connectivity index (χ0) is 15.1. The number of pyridine rings is 1. The van der Waals surface area contributed by atoms with Crippen molar-refractivity contribution in [3.8, 4) is 5.75 Å². The minimum absolute atomic E-state index is 0.129. The summed E-state index contributed by atoms with van der Waals surface area (Å²) >= 11 is 0. The fraction of sp³-hybridized carbons (Fsp3) is 0.538. The molecule has 0 aromatic carbocycles. The second-order valence-electron chi connectivity index (χ2n) is 4.20. The van der Waals surface area contributed by atoms with E-state index in [4.69, 9.17) is 14.6 Å². The molecule has 0 saturated heterocycles. The van der Waals surface area contributed by atoms with Crippen LogP contribution in [0.5, 0.6) is 5.75 Å². The molecule has 1 unspecified atom stereocenters. The molecule has 1 aromatic heterocycles. The molecule has 0 aliphatic carbocycles. The van der Waals surface area contributed by atoms with Crippen LogP contribution < -0.4 is 10.2 Å². The first-order valence-corrected chi connectivity index (χ1v) is 6.04. The lowest BCUT2D eigenvalue weighted by molar-refractivity contribution is -0.129. The van der Waals surface area contributed by atoms with E-state index in [2.05, 4.69) is 4.74 Å². The van der Waals surface area contributed by atoms with Crippen LogP contribution in [0.25, 0.3) is 0 Å². The molecular weight excluding hydrogens is 266 g/mol. The molecule has 0 fully saturated rings. The largest absolute Gasteiger partial charge is 0.491 e. The van der Waals surface area contributed by atoms with Crippen molar-refractivity contribution in [3.63, 3.8) is 0 Å². The number of methoxy groups -OCH3 is 2. The summed E-state index contributed by atoms with van der Waals surface area (Å²) in [6.07, 6.45) is 1.17. The van der Waals surface area contributed by atoms with Gasteiger partial charge in [0.25, 0.3) is 6.47 Å². The van der Waals surface area contributed by atoms with Gasteiger partial charge in [-0.15, -0.1) is 0 Å². The number of carbonyl (C=O) groups excluding carboxylic acids is 1. The first-order chi connectivity index (χ1) is 9.58. The van der Waals surface area contributed by atoms with E-state index in [1.807, 2.05) is 0 Å². The van der Waals surface area contributed by atoms with Gasteiger partial charge in [0.05, 0.1) is 37.6 Å². The number of carbonyl (C=O) groups is 1. The average Bonchev–Trinajstić information content (AvgIpc) is 2.46. The number of aliphatic hydroxyl groups excluding tert-OH is 1. The van der Waals surface area contributed by atoms with Crippen LogP contribution >= 0.6 is 0 Å². The van der Waals surface area contributed by atoms with Gasteiger partial charge >= 0.3 is 0 Å². The number of aliphatic hydroxyl groups is 1. The molecule has 7 nitrogen and oxygen atoms in total. The Kier molecular flexibility index (Phi) is 6.20. The maximum Gasteiger partial charge on any atom is 0.293 e. The van der Waals surface area contributed by atoms with Crippen LogP contribution in [0.15, 0.2) is 11.0 Å². The Balaban J connectivity index is 3.22. The summed E-state index contributed by atoms with van der Waals surface area (Å²) in [5.74, 6) is 0.185. The quantitative estimate of drug-likeness (QED) is 0.668. The third-order valence-corrected chi connectivity index (χ3v) is 3.02. The lowest BCUT2D eigenvalue weighted by atomic mass is 10.2. The van der Waals surface area contributed by atoms with E-state index in [0.29, 0.717) is 17.8 Å². The zero-order valence-corrected chi connectivity index (χ0v) is 11.8. The van der Waals surface area contributed by atoms with Crippen molar-refractivity contribution in [2.24, 2.45) is 0 Å². The molecule has 1 heterocycles. The SMILES string of the molecule is COc1c(C)n(CC(CO)OC)cc(COC=O)c1=O. The lowest BCUT2D eigenvalue weighted by Gasteiger charge is -2.19. The predicted octanol–water partition coefficient (Wildman–Crippen LogP) is -0.154. The third-order valence-electron chi connectivity index (χ3n) is 3.02. The average molecular weight is 285 g/mol. The van der Waals surface area contributed by atoms with Crippen molar-refractivity contribution >= 4 is 6.47 Å². The Morgan fingerprint density at radius 3 is 2.65 bits per heavy atom. The van der Waals surface area contributed by atoms with Crippen molar-refractivity contribution < 1.29 is 24.1 Å². The Labute approximate surface area is 116 Å². The molecule has 7 heteroatoms. The number of hydrogen-bond acceptors (Lipinski definition) is 6. The van der Waals surface area contributed by atoms with E-state index in [1.165, 1.54) is 14.2 Å². The monoisotopic (exact) mass is 285 g/mol. The van der Waals surface area contributed by atoms with E-state index in [-0.39, 0.29) is 30.9 Å². The molecule has 0 saturated carbocycles. The smallest absolute Gasteiger partial charge is 0.293 e. The van der Waals surface area contributed by atoms with Gasteiger partial charge in [-0.2, -0.15) is 0 Å². The van der Waals surface area contributed by atoms with Crippen molar-refractivity contribution in [2.45, 2.75) is 26.2 Å². The molecule has 1 rings (SSSR count). The summed E-state index contributed by atoms with van der Waals surface area (Å²) in [6, 6.07) is 0. The van der Waals surface area contributed by atoms with Gasteiger partial charge in [-0.25, -0.2) is 0 Å². The molecule has 1 aromatic rings. The minimum atomic E-state index is -0.402. The second-order valence-corrected chi connectivity index (χ2v) is 4.20. The van der Waals surface area contributed by atoms with E-state index >= 15 is 0 Å². The van der Waals surface area contributed by atoms with Gasteiger partial charge in [0.15, 0.2) is 5.75 Å². The molecule has 112 valence electrons. The van der Waals surface area contributed by atoms with Crippen LogP contribution in [-0.2, 0) is 27.4 Å². The minimum Gasteiger partial charge on any atom is -0.491 e. The van der Waals surface area contributed by atoms with Gasteiger partial charge in [-0.05, 0) is 6.92 Å². The highest BCUT2D eigenvalue weighted by Gasteiger charge is 2.16. The molecule has 0 bridgehead atoms. The van der Waals surface area contributed by atoms with Gasteiger partial charge in [-0.1, -0.05) is 0 Å². The topological polar surface area (TPSA) is 87.0 Å².